The molecule has 0 heterocycles. The number of Topliss-reactive ketones (excluding diaryl/α,β-unsaturated/α-hetero) is 8. The molecule has 0 radical (unpaired) electrons. The molecular formula is C92H130N2O19. The lowest BCUT2D eigenvalue weighted by Gasteiger charge is -2.05. The Hall–Kier alpha value is -10.6. The van der Waals surface area contributed by atoms with Gasteiger partial charge in [-0.15, -0.1) is 0 Å². The van der Waals surface area contributed by atoms with Crippen molar-refractivity contribution < 1.29 is 92.2 Å². The van der Waals surface area contributed by atoms with Gasteiger partial charge in [-0.2, -0.15) is 0 Å². The van der Waals surface area contributed by atoms with Crippen molar-refractivity contribution in [2.75, 3.05) is 39.8 Å². The highest BCUT2D eigenvalue weighted by Crippen LogP contribution is 2.14. The summed E-state index contributed by atoms with van der Waals surface area (Å²) in [6.07, 6.45) is 9.15. The molecule has 8 N–H and O–H groups in total. The van der Waals surface area contributed by atoms with Gasteiger partial charge in [0.2, 0.25) is 0 Å². The molecule has 0 unspecified atom stereocenters. The van der Waals surface area contributed by atoms with E-state index in [1.807, 2.05) is 164 Å². The molecule has 0 fully saturated rings. The van der Waals surface area contributed by atoms with E-state index >= 15 is 0 Å². The minimum Gasteiger partial charge on any atom is -0.481 e. The van der Waals surface area contributed by atoms with Crippen molar-refractivity contribution in [3.05, 3.63) is 243 Å². The average molecular weight is 1570 g/mol. The van der Waals surface area contributed by atoms with Gasteiger partial charge in [0.15, 0.2) is 17.3 Å². The van der Waals surface area contributed by atoms with E-state index < -0.39 is 49.1 Å². The largest absolute Gasteiger partial charge is 0.481 e. The van der Waals surface area contributed by atoms with Gasteiger partial charge in [-0.05, 0) is 124 Å². The van der Waals surface area contributed by atoms with Crippen LogP contribution < -0.4 is 11.5 Å². The van der Waals surface area contributed by atoms with Crippen molar-refractivity contribution in [2.24, 2.45) is 5.73 Å². The van der Waals surface area contributed by atoms with Crippen molar-refractivity contribution in [2.45, 2.75) is 220 Å². The molecule has 0 aliphatic carbocycles. The van der Waals surface area contributed by atoms with Gasteiger partial charge in [-0.1, -0.05) is 248 Å². The number of hydrogen-bond donors (Lipinski definition) is 6. The van der Waals surface area contributed by atoms with Crippen LogP contribution in [-0.4, -0.2) is 125 Å². The Bertz CT molecular complexity index is 3620. The van der Waals surface area contributed by atoms with Crippen LogP contribution >= 0.6 is 0 Å². The van der Waals surface area contributed by atoms with Gasteiger partial charge >= 0.3 is 23.9 Å². The number of anilines is 1. The lowest BCUT2D eigenvalue weighted by atomic mass is 10.0. The van der Waals surface area contributed by atoms with Gasteiger partial charge in [0, 0.05) is 57.2 Å². The van der Waals surface area contributed by atoms with Crippen LogP contribution in [0.15, 0.2) is 176 Å². The number of aliphatic hydroxyl groups excluding tert-OH is 2. The van der Waals surface area contributed by atoms with E-state index in [9.17, 15) is 57.5 Å². The molecule has 7 rings (SSSR count). The molecule has 21 nitrogen and oxygen atoms in total. The number of ketones is 8. The smallest absolute Gasteiger partial charge is 0.313 e. The number of ether oxygens (including phenoxy) is 3. The van der Waals surface area contributed by atoms with Crippen LogP contribution in [0.2, 0.25) is 0 Å². The fourth-order valence-electron chi connectivity index (χ4n) is 9.65. The fraction of sp³-hybridized carbons (Fsp3) is 0.413. The molecule has 0 atom stereocenters. The molecule has 0 saturated carbocycles. The number of hydrogen-bond acceptors (Lipinski definition) is 19. The van der Waals surface area contributed by atoms with E-state index in [2.05, 4.69) is 56.2 Å². The topological polar surface area (TPSA) is 365 Å². The maximum absolute atomic E-state index is 11.9. The maximum atomic E-state index is 11.9. The zero-order valence-corrected chi connectivity index (χ0v) is 63.7. The normalized spacial score (nSPS) is 9.58. The minimum atomic E-state index is -1.06. The molecule has 7 aromatic rings. The van der Waals surface area contributed by atoms with Gasteiger partial charge in [0.25, 0.3) is 0 Å². The summed E-state index contributed by atoms with van der Waals surface area (Å²) in [4.78, 5) is 133. The van der Waals surface area contributed by atoms with Crippen LogP contribution in [0.4, 0.5) is 5.69 Å². The summed E-state index contributed by atoms with van der Waals surface area (Å²) < 4.78 is 14.3. The van der Waals surface area contributed by atoms with Crippen molar-refractivity contribution >= 4 is 75.8 Å². The zero-order chi connectivity index (χ0) is 80.4. The molecule has 0 aromatic heterocycles. The first-order valence-corrected chi connectivity index (χ1v) is 36.2. The molecule has 113 heavy (non-hydrogen) atoms. The highest BCUT2D eigenvalue weighted by Gasteiger charge is 2.15. The molecule has 0 spiro atoms. The summed E-state index contributed by atoms with van der Waals surface area (Å²) in [6.45, 7) is 10.1. The number of carbonyl (C=O) groups is 12. The van der Waals surface area contributed by atoms with E-state index in [1.165, 1.54) is 42.0 Å². The Morgan fingerprint density at radius 3 is 0.885 bits per heavy atom. The molecule has 622 valence electrons. The number of methoxy groups -OCH3 is 2. The van der Waals surface area contributed by atoms with Crippen molar-refractivity contribution in [3.63, 3.8) is 0 Å². The van der Waals surface area contributed by atoms with Gasteiger partial charge in [0.1, 0.15) is 61.6 Å². The number of carbonyl (C=O) groups excluding carboxylic acids is 10. The number of carboxylic acids is 2. The van der Waals surface area contributed by atoms with Crippen LogP contribution in [0.5, 0.6) is 0 Å². The number of unbranched alkanes of at least 4 members (excludes halogenated alkanes) is 3. The standard InChI is InChI=1S/C20H22O3.2C13H16O3.C12H15NO3.C12H14O3.C9H16O4.C8H11N.5CH4/c1-2-16-8-10-17(11-9-16)12-19(21)13-20(22)15-23-14-18-6-4-3-5-7-18;1-3-10-4-6-11(7-5-10)8-12(14)9-13(15)16-2;1-2-10-3-5-11(6-4-10)7-12(15)8-13(16)9-14;13-7-10-3-1-9(2-4-10)5-11(15)6-12(16)8-14;1-2-9-3-5-10(6-4-9)7-11(13)8-12(14)15;1-13-9(12)7-5-3-2-4-6-8(10)11;1-2-7-3-5-8(9)6-4-7;;;;;/h3-11H,2,12-15H2,1H3;4-7H,3,8-9H2,1-2H3;3-6,14H,2,7-9H2,1H3;1-4,14H,5-8,13H2;3-6H,2,7-8H2,1H3,(H,14,15);2-7H2,1H3,(H,10,11);3-6H,2,9H2,1H3;5*1H4. The minimum absolute atomic E-state index is 0. The summed E-state index contributed by atoms with van der Waals surface area (Å²) in [5.74, 6) is -4.30. The fourth-order valence-corrected chi connectivity index (χ4v) is 9.65. The van der Waals surface area contributed by atoms with Crippen molar-refractivity contribution in [1.82, 2.24) is 0 Å². The number of aliphatic carboxylic acids is 2. The number of nitrogen functional groups attached to an aromatic ring is 1. The molecule has 0 aliphatic heterocycles. The maximum Gasteiger partial charge on any atom is 0.313 e. The summed E-state index contributed by atoms with van der Waals surface area (Å²) in [6, 6.07) is 56.2. The van der Waals surface area contributed by atoms with Gasteiger partial charge in [0.05, 0.1) is 40.1 Å². The molecule has 0 bridgehead atoms. The summed E-state index contributed by atoms with van der Waals surface area (Å²) in [5.41, 5.74) is 24.6. The monoisotopic (exact) mass is 1570 g/mol. The highest BCUT2D eigenvalue weighted by atomic mass is 16.5. The number of benzene rings is 7. The molecule has 0 amide bonds. The Morgan fingerprint density at radius 2 is 0.593 bits per heavy atom. The Labute approximate surface area is 672 Å². The van der Waals surface area contributed by atoms with Gasteiger partial charge in [-0.25, -0.2) is 0 Å². The summed E-state index contributed by atoms with van der Waals surface area (Å²) in [7, 11) is 2.65. The predicted octanol–water partition coefficient (Wildman–Crippen LogP) is 15.4. The molecule has 7 aromatic carbocycles. The third-order valence-electron chi connectivity index (χ3n) is 16.0. The van der Waals surface area contributed by atoms with Crippen molar-refractivity contribution in [3.8, 4) is 0 Å². The quantitative estimate of drug-likeness (QED) is 0.00902. The van der Waals surface area contributed by atoms with E-state index in [0.29, 0.717) is 38.8 Å². The van der Waals surface area contributed by atoms with Gasteiger partial charge < -0.3 is 46.1 Å². The van der Waals surface area contributed by atoms with Crippen LogP contribution in [0.3, 0.4) is 0 Å². The van der Waals surface area contributed by atoms with E-state index in [-0.39, 0.29) is 136 Å². The number of aryl methyl sites for hydroxylation is 5. The Balaban J connectivity index is -0.000000404. The number of rotatable bonds is 39. The first kappa shape index (κ1) is 111. The molecule has 21 heteroatoms. The zero-order valence-electron chi connectivity index (χ0n) is 63.7. The summed E-state index contributed by atoms with van der Waals surface area (Å²) >= 11 is 0. The van der Waals surface area contributed by atoms with Crippen molar-refractivity contribution in [1.29, 1.82) is 0 Å². The van der Waals surface area contributed by atoms with Gasteiger partial charge in [-0.3, -0.25) is 57.5 Å². The first-order chi connectivity index (χ1) is 51.7. The van der Waals surface area contributed by atoms with Crippen LogP contribution in [-0.2, 0) is 149 Å². The van der Waals surface area contributed by atoms with E-state index in [0.717, 1.165) is 96.0 Å². The second-order valence-electron chi connectivity index (χ2n) is 25.0. The summed E-state index contributed by atoms with van der Waals surface area (Å²) in [5, 5.41) is 33.8. The lowest BCUT2D eigenvalue weighted by molar-refractivity contribution is -0.144. The third kappa shape index (κ3) is 57.2. The highest BCUT2D eigenvalue weighted by molar-refractivity contribution is 6.02. The van der Waals surface area contributed by atoms with Crippen LogP contribution in [0.1, 0.15) is 209 Å². The molecule has 0 saturated heterocycles. The Morgan fingerprint density at radius 1 is 0.310 bits per heavy atom. The van der Waals surface area contributed by atoms with E-state index in [4.69, 9.17) is 36.6 Å². The second kappa shape index (κ2) is 68.2. The Kier molecular flexibility index (Phi) is 67.0. The SMILES string of the molecule is C.C.C.C.C.CCc1ccc(CC(=O)CC(=O)CO)cc1.CCc1ccc(CC(=O)CC(=O)COCc2ccccc2)cc1.CCc1ccc(CC(=O)CC(=O)O)cc1.CCc1ccc(CC(=O)CC(=O)OC)cc1.CCc1ccc(N)cc1.COC(=O)CCCCCCC(=O)O.NCc1ccc(CC(=O)CC(=O)CO)cc1. The van der Waals surface area contributed by atoms with Crippen LogP contribution in [0.25, 0.3) is 0 Å². The average Bonchev–Trinajstić information content (AvgIpc) is 0.929. The van der Waals surface area contributed by atoms with Crippen LogP contribution in [0, 0.1) is 0 Å². The number of nitrogens with two attached hydrogens (primary N) is 2. The third-order valence-corrected chi connectivity index (χ3v) is 16.0. The number of aliphatic hydroxyl groups is 2. The lowest BCUT2D eigenvalue weighted by Crippen LogP contribution is -2.15. The number of carboxylic acid groups (broad SMARTS) is 2. The molecule has 0 aliphatic rings. The second-order valence-corrected chi connectivity index (χ2v) is 25.0. The van der Waals surface area contributed by atoms with E-state index in [1.54, 1.807) is 0 Å². The number of esters is 2. The molecular weight excluding hydrogens is 1440 g/mol. The first-order valence-electron chi connectivity index (χ1n) is 36.2. The predicted molar refractivity (Wildman–Crippen MR) is 450 cm³/mol.